The van der Waals surface area contributed by atoms with Crippen LogP contribution in [-0.4, -0.2) is 65.8 Å². The van der Waals surface area contributed by atoms with Gasteiger partial charge in [0, 0.05) is 39.2 Å². The van der Waals surface area contributed by atoms with Gasteiger partial charge in [-0.3, -0.25) is 14.6 Å². The number of ether oxygens (including phenoxy) is 2. The molecule has 12 nitrogen and oxygen atoms in total. The lowest BCUT2D eigenvalue weighted by atomic mass is 10.1. The SMILES string of the molecule is CC(C)(C)OC(=O)N1CC2CC2c2c1ccc[n+]2[O-].CC(C)(C)OC(=O)N1CC2CC2c2nc(C#N)ccc21.CN(C)C(=O)Cl. The Morgan fingerprint density at radius 1 is 0.956 bits per heavy atom. The van der Waals surface area contributed by atoms with E-state index in [1.54, 1.807) is 42.1 Å². The van der Waals surface area contributed by atoms with Crippen molar-refractivity contribution in [3.05, 3.63) is 52.8 Å². The van der Waals surface area contributed by atoms with Crippen molar-refractivity contribution in [2.24, 2.45) is 11.8 Å². The van der Waals surface area contributed by atoms with Crippen molar-refractivity contribution >= 4 is 40.5 Å². The van der Waals surface area contributed by atoms with Crippen LogP contribution < -0.4 is 14.5 Å². The first-order valence-electron chi connectivity index (χ1n) is 14.9. The number of carbonyl (C=O) groups excluding carboxylic acids is 3. The molecule has 0 N–H and O–H groups in total. The molecule has 4 unspecified atom stereocenters. The van der Waals surface area contributed by atoms with Gasteiger partial charge in [-0.25, -0.2) is 14.6 Å². The number of nitriles is 1. The second-order valence-electron chi connectivity index (χ2n) is 13.9. The number of aromatic nitrogens is 2. The lowest BCUT2D eigenvalue weighted by molar-refractivity contribution is -0.613. The maximum absolute atomic E-state index is 12.3. The summed E-state index contributed by atoms with van der Waals surface area (Å²) in [7, 11) is 3.19. The molecule has 2 saturated carbocycles. The van der Waals surface area contributed by atoms with Gasteiger partial charge in [0.1, 0.15) is 28.7 Å². The molecule has 3 amide bonds. The number of anilines is 2. The molecular formula is C32H41ClN6O6. The third-order valence-corrected chi connectivity index (χ3v) is 7.87. The minimum Gasteiger partial charge on any atom is -0.618 e. The van der Waals surface area contributed by atoms with Crippen LogP contribution in [0.15, 0.2) is 30.5 Å². The van der Waals surface area contributed by atoms with Crippen molar-refractivity contribution in [3.8, 4) is 6.07 Å². The first kappa shape index (κ1) is 33.8. The number of carbonyl (C=O) groups is 3. The first-order valence-corrected chi connectivity index (χ1v) is 15.3. The van der Waals surface area contributed by atoms with E-state index in [1.165, 1.54) is 11.1 Å². The summed E-state index contributed by atoms with van der Waals surface area (Å²) in [5.74, 6) is 1.57. The summed E-state index contributed by atoms with van der Waals surface area (Å²) >= 11 is 4.90. The molecule has 2 aliphatic heterocycles. The summed E-state index contributed by atoms with van der Waals surface area (Å²) < 4.78 is 11.8. The number of hydrogen-bond acceptors (Lipinski definition) is 8. The van der Waals surface area contributed by atoms with E-state index in [2.05, 4.69) is 11.1 Å². The van der Waals surface area contributed by atoms with Gasteiger partial charge in [0.25, 0.3) is 0 Å². The Kier molecular flexibility index (Phi) is 9.54. The minimum atomic E-state index is -0.528. The van der Waals surface area contributed by atoms with Crippen LogP contribution in [-0.2, 0) is 9.47 Å². The van der Waals surface area contributed by atoms with E-state index >= 15 is 0 Å². The molecule has 0 aromatic carbocycles. The molecule has 4 atom stereocenters. The topological polar surface area (TPSA) is 143 Å². The molecule has 0 radical (unpaired) electrons. The highest BCUT2D eigenvalue weighted by Gasteiger charge is 2.52. The lowest BCUT2D eigenvalue weighted by Gasteiger charge is -2.30. The Balaban J connectivity index is 0.000000174. The molecule has 0 saturated heterocycles. The van der Waals surface area contributed by atoms with Crippen molar-refractivity contribution in [2.75, 3.05) is 37.0 Å². The van der Waals surface area contributed by atoms with Gasteiger partial charge in [0.05, 0.1) is 17.3 Å². The molecule has 0 bridgehead atoms. The molecule has 4 heterocycles. The standard InChI is InChI=1S/C15H17N3O2.C14H18N2O3.C3H6ClNO/c1-15(2,3)20-14(19)18-8-9-6-11(9)13-12(18)5-4-10(7-16)17-13;1-14(2,3)19-13(17)15-8-9-7-10(9)12-11(15)5-4-6-16(12)18;1-5(2)3(4)6/h4-5,9,11H,6,8H2,1-3H3;4-6,9-10H,7-8H2,1-3H3;1-2H3. The van der Waals surface area contributed by atoms with Gasteiger partial charge in [0.15, 0.2) is 6.20 Å². The molecule has 4 aliphatic rings. The first-order chi connectivity index (χ1) is 20.9. The zero-order chi connectivity index (χ0) is 33.4. The second-order valence-corrected chi connectivity index (χ2v) is 14.2. The number of pyridine rings is 2. The van der Waals surface area contributed by atoms with Crippen LogP contribution in [0.5, 0.6) is 0 Å². The molecule has 2 aliphatic carbocycles. The third kappa shape index (κ3) is 8.34. The van der Waals surface area contributed by atoms with E-state index in [-0.39, 0.29) is 12.2 Å². The van der Waals surface area contributed by atoms with E-state index in [1.807, 2.05) is 47.6 Å². The van der Waals surface area contributed by atoms with E-state index < -0.39 is 16.6 Å². The Hall–Kier alpha value is -4.11. The highest BCUT2D eigenvalue weighted by molar-refractivity contribution is 6.62. The minimum absolute atomic E-state index is 0.312. The van der Waals surface area contributed by atoms with Crippen molar-refractivity contribution < 1.29 is 28.6 Å². The monoisotopic (exact) mass is 640 g/mol. The molecule has 242 valence electrons. The van der Waals surface area contributed by atoms with Crippen molar-refractivity contribution in [1.29, 1.82) is 5.26 Å². The highest BCUT2D eigenvalue weighted by atomic mass is 35.5. The van der Waals surface area contributed by atoms with Gasteiger partial charge in [-0.2, -0.15) is 9.99 Å². The van der Waals surface area contributed by atoms with Gasteiger partial charge < -0.3 is 19.6 Å². The van der Waals surface area contributed by atoms with Crippen LogP contribution in [0.25, 0.3) is 0 Å². The van der Waals surface area contributed by atoms with E-state index in [0.717, 1.165) is 29.0 Å². The second kappa shape index (κ2) is 12.7. The van der Waals surface area contributed by atoms with E-state index in [0.29, 0.717) is 53.8 Å². The van der Waals surface area contributed by atoms with Crippen molar-refractivity contribution in [1.82, 2.24) is 9.88 Å². The summed E-state index contributed by atoms with van der Waals surface area (Å²) in [5, 5.41) is 20.4. The maximum atomic E-state index is 12.3. The lowest BCUT2D eigenvalue weighted by Crippen LogP contribution is -2.44. The maximum Gasteiger partial charge on any atom is 0.415 e. The molecule has 45 heavy (non-hydrogen) atoms. The zero-order valence-electron chi connectivity index (χ0n) is 27.0. The summed E-state index contributed by atoms with van der Waals surface area (Å²) in [4.78, 5) is 43.3. The smallest absolute Gasteiger partial charge is 0.415 e. The molecule has 13 heteroatoms. The fraction of sp³-hybridized carbons (Fsp3) is 0.562. The third-order valence-electron chi connectivity index (χ3n) is 7.54. The molecule has 0 spiro atoms. The fourth-order valence-electron chi connectivity index (χ4n) is 5.32. The van der Waals surface area contributed by atoms with Crippen LogP contribution in [0.2, 0.25) is 0 Å². The average Bonchev–Trinajstić information content (AvgIpc) is 3.85. The summed E-state index contributed by atoms with van der Waals surface area (Å²) in [6, 6.07) is 9.00. The number of halogens is 1. The Morgan fingerprint density at radius 3 is 1.98 bits per heavy atom. The summed E-state index contributed by atoms with van der Waals surface area (Å²) in [6.45, 7) is 12.4. The van der Waals surface area contributed by atoms with Gasteiger partial charge in [0.2, 0.25) is 5.69 Å². The van der Waals surface area contributed by atoms with Crippen molar-refractivity contribution in [3.63, 3.8) is 0 Å². The normalized spacial score (nSPS) is 21.8. The largest absolute Gasteiger partial charge is 0.618 e. The number of nitrogens with zero attached hydrogens (tertiary/aromatic N) is 6. The van der Waals surface area contributed by atoms with Gasteiger partial charge in [-0.05, 0) is 96.0 Å². The predicted molar refractivity (Wildman–Crippen MR) is 168 cm³/mol. The molecule has 6 rings (SSSR count). The van der Waals surface area contributed by atoms with Crippen LogP contribution in [0, 0.1) is 28.4 Å². The van der Waals surface area contributed by atoms with Crippen LogP contribution in [0.4, 0.5) is 25.8 Å². The fourth-order valence-corrected chi connectivity index (χ4v) is 5.32. The summed E-state index contributed by atoms with van der Waals surface area (Å²) in [6.07, 6.45) is 2.81. The molecule has 2 aromatic rings. The Labute approximate surface area is 269 Å². The van der Waals surface area contributed by atoms with Gasteiger partial charge in [-0.15, -0.1) is 0 Å². The van der Waals surface area contributed by atoms with E-state index in [9.17, 15) is 19.6 Å². The van der Waals surface area contributed by atoms with Crippen LogP contribution in [0.3, 0.4) is 0 Å². The molecule has 2 fully saturated rings. The summed E-state index contributed by atoms with van der Waals surface area (Å²) in [5.41, 5.74) is 2.43. The average molecular weight is 641 g/mol. The van der Waals surface area contributed by atoms with Crippen LogP contribution in [0.1, 0.15) is 83.3 Å². The quantitative estimate of drug-likeness (QED) is 0.150. The molecule has 2 aromatic heterocycles. The van der Waals surface area contributed by atoms with Crippen LogP contribution >= 0.6 is 11.6 Å². The predicted octanol–water partition coefficient (Wildman–Crippen LogP) is 5.90. The van der Waals surface area contributed by atoms with Crippen molar-refractivity contribution in [2.45, 2.75) is 77.4 Å². The van der Waals surface area contributed by atoms with Gasteiger partial charge in [-0.1, -0.05) is 0 Å². The Bertz CT molecular complexity index is 1510. The van der Waals surface area contributed by atoms with E-state index in [4.69, 9.17) is 26.3 Å². The highest BCUT2D eigenvalue weighted by Crippen LogP contribution is 2.54. The number of fused-ring (bicyclic) bond motifs is 6. The number of rotatable bonds is 0. The zero-order valence-corrected chi connectivity index (χ0v) is 27.8. The Morgan fingerprint density at radius 2 is 1.47 bits per heavy atom. The molecular weight excluding hydrogens is 600 g/mol. The van der Waals surface area contributed by atoms with Gasteiger partial charge >= 0.3 is 17.6 Å². The number of amides is 3. The number of hydrogen-bond donors (Lipinski definition) is 0.